The van der Waals surface area contributed by atoms with Gasteiger partial charge >= 0.3 is 6.09 Å². The molecule has 2 fully saturated rings. The van der Waals surface area contributed by atoms with Gasteiger partial charge in [0.2, 0.25) is 5.91 Å². The number of hydrogen-bond acceptors (Lipinski definition) is 3. The van der Waals surface area contributed by atoms with Crippen LogP contribution in [-0.2, 0) is 9.53 Å². The fraction of sp³-hybridized carbons (Fsp3) is 0.846. The minimum absolute atomic E-state index is 0.0160. The molecule has 2 amide bonds. The van der Waals surface area contributed by atoms with Crippen LogP contribution in [0.1, 0.15) is 40.0 Å². The van der Waals surface area contributed by atoms with E-state index < -0.39 is 23.5 Å². The Hall–Kier alpha value is -1.26. The van der Waals surface area contributed by atoms with Crippen molar-refractivity contribution in [2.45, 2.75) is 52.2 Å². The fourth-order valence-electron chi connectivity index (χ4n) is 2.77. The molecule has 102 valence electrons. The number of amides is 2. The molecule has 18 heavy (non-hydrogen) atoms. The van der Waals surface area contributed by atoms with E-state index in [0.717, 1.165) is 24.7 Å². The van der Waals surface area contributed by atoms with E-state index >= 15 is 0 Å². The molecular formula is C13H22N2O3. The lowest BCUT2D eigenvalue weighted by Gasteiger charge is -2.28. The number of nitrogens with one attached hydrogen (secondary N) is 1. The second-order valence-electron chi connectivity index (χ2n) is 6.60. The van der Waals surface area contributed by atoms with Crippen molar-refractivity contribution in [1.82, 2.24) is 5.32 Å². The average Bonchev–Trinajstić information content (AvgIpc) is 2.81. The molecule has 0 aromatic rings. The molecule has 2 aliphatic rings. The Morgan fingerprint density at radius 3 is 2.22 bits per heavy atom. The van der Waals surface area contributed by atoms with E-state index in [1.54, 1.807) is 0 Å². The zero-order valence-electron chi connectivity index (χ0n) is 11.2. The lowest BCUT2D eigenvalue weighted by molar-refractivity contribution is -0.122. The number of primary amides is 1. The molecule has 4 atom stereocenters. The van der Waals surface area contributed by atoms with Crippen LogP contribution in [0, 0.1) is 17.3 Å². The third-order valence-corrected chi connectivity index (χ3v) is 3.89. The molecule has 3 N–H and O–H groups in total. The SMILES string of the molecule is CC(C)(C)[C@H](NC(=O)O[C@@H]1C[C@@H]2C[C@@H]2C1)C(N)=O. The topological polar surface area (TPSA) is 81.4 Å². The zero-order chi connectivity index (χ0) is 13.5. The van der Waals surface area contributed by atoms with Gasteiger partial charge in [0.25, 0.3) is 0 Å². The van der Waals surface area contributed by atoms with Gasteiger partial charge in [-0.25, -0.2) is 4.79 Å². The third-order valence-electron chi connectivity index (χ3n) is 3.89. The number of alkyl carbamates (subject to hydrolysis) is 1. The number of rotatable bonds is 3. The number of hydrogen-bond donors (Lipinski definition) is 2. The van der Waals surface area contributed by atoms with Gasteiger partial charge in [0.1, 0.15) is 12.1 Å². The first-order chi connectivity index (χ1) is 8.27. The largest absolute Gasteiger partial charge is 0.446 e. The molecular weight excluding hydrogens is 232 g/mol. The highest BCUT2D eigenvalue weighted by Gasteiger charge is 2.47. The first-order valence-corrected chi connectivity index (χ1v) is 6.54. The van der Waals surface area contributed by atoms with Crippen molar-refractivity contribution in [3.8, 4) is 0 Å². The van der Waals surface area contributed by atoms with E-state index in [9.17, 15) is 9.59 Å². The van der Waals surface area contributed by atoms with Gasteiger partial charge < -0.3 is 15.8 Å². The maximum atomic E-state index is 11.7. The van der Waals surface area contributed by atoms with Crippen LogP contribution in [0.5, 0.6) is 0 Å². The smallest absolute Gasteiger partial charge is 0.408 e. The molecule has 0 aliphatic heterocycles. The van der Waals surface area contributed by atoms with Crippen LogP contribution in [0.2, 0.25) is 0 Å². The monoisotopic (exact) mass is 254 g/mol. The van der Waals surface area contributed by atoms with Crippen LogP contribution in [0.4, 0.5) is 4.79 Å². The van der Waals surface area contributed by atoms with Gasteiger partial charge in [0.15, 0.2) is 0 Å². The Labute approximate surface area is 107 Å². The predicted molar refractivity (Wildman–Crippen MR) is 66.7 cm³/mol. The van der Waals surface area contributed by atoms with Gasteiger partial charge in [-0.05, 0) is 36.5 Å². The molecule has 2 aliphatic carbocycles. The van der Waals surface area contributed by atoms with Gasteiger partial charge in [0, 0.05) is 0 Å². The lowest BCUT2D eigenvalue weighted by Crippen LogP contribution is -2.52. The number of fused-ring (bicyclic) bond motifs is 1. The average molecular weight is 254 g/mol. The number of nitrogens with two attached hydrogens (primary N) is 1. The molecule has 5 heteroatoms. The number of carbonyl (C=O) groups is 2. The summed E-state index contributed by atoms with van der Waals surface area (Å²) in [4.78, 5) is 23.1. The van der Waals surface area contributed by atoms with Crippen LogP contribution in [-0.4, -0.2) is 24.1 Å². The summed E-state index contributed by atoms with van der Waals surface area (Å²) >= 11 is 0. The molecule has 5 nitrogen and oxygen atoms in total. The second kappa shape index (κ2) is 4.44. The molecule has 0 unspecified atom stereocenters. The van der Waals surface area contributed by atoms with Crippen LogP contribution in [0.3, 0.4) is 0 Å². The van der Waals surface area contributed by atoms with Crippen molar-refractivity contribution in [2.24, 2.45) is 23.0 Å². The summed E-state index contributed by atoms with van der Waals surface area (Å²) < 4.78 is 5.33. The Balaban J connectivity index is 1.83. The van der Waals surface area contributed by atoms with E-state index in [1.807, 2.05) is 20.8 Å². The van der Waals surface area contributed by atoms with Crippen molar-refractivity contribution in [3.63, 3.8) is 0 Å². The molecule has 0 aromatic heterocycles. The summed E-state index contributed by atoms with van der Waals surface area (Å²) in [7, 11) is 0. The maximum absolute atomic E-state index is 11.7. The molecule has 0 bridgehead atoms. The predicted octanol–water partition coefficient (Wildman–Crippen LogP) is 1.41. The Bertz CT molecular complexity index is 352. The minimum Gasteiger partial charge on any atom is -0.446 e. The standard InChI is InChI=1S/C13H22N2O3/c1-13(2,3)10(11(14)16)15-12(17)18-9-5-7-4-8(7)6-9/h7-10H,4-6H2,1-3H3,(H2,14,16)(H,15,17)/t7-,8+,9+,10-/m1/s1. The highest BCUT2D eigenvalue weighted by molar-refractivity contribution is 5.85. The van der Waals surface area contributed by atoms with Crippen LogP contribution < -0.4 is 11.1 Å². The summed E-state index contributed by atoms with van der Waals surface area (Å²) in [6, 6.07) is -0.707. The summed E-state index contributed by atoms with van der Waals surface area (Å²) in [5, 5.41) is 2.58. The van der Waals surface area contributed by atoms with Crippen molar-refractivity contribution >= 4 is 12.0 Å². The van der Waals surface area contributed by atoms with Crippen molar-refractivity contribution in [3.05, 3.63) is 0 Å². The first-order valence-electron chi connectivity index (χ1n) is 6.54. The summed E-state index contributed by atoms with van der Waals surface area (Å²) in [6.07, 6.45) is 2.71. The van der Waals surface area contributed by atoms with E-state index in [2.05, 4.69) is 5.32 Å². The normalized spacial score (nSPS) is 31.4. The fourth-order valence-corrected chi connectivity index (χ4v) is 2.77. The van der Waals surface area contributed by atoms with Crippen molar-refractivity contribution in [2.75, 3.05) is 0 Å². The molecule has 2 rings (SSSR count). The molecule has 0 radical (unpaired) electrons. The Morgan fingerprint density at radius 1 is 1.22 bits per heavy atom. The maximum Gasteiger partial charge on any atom is 0.408 e. The minimum atomic E-state index is -0.707. The molecule has 2 saturated carbocycles. The molecule has 0 spiro atoms. The summed E-state index contributed by atoms with van der Waals surface area (Å²) in [6.45, 7) is 5.56. The van der Waals surface area contributed by atoms with Gasteiger partial charge in [-0.1, -0.05) is 20.8 Å². The Kier molecular flexibility index (Phi) is 3.25. The number of carbonyl (C=O) groups excluding carboxylic acids is 2. The van der Waals surface area contributed by atoms with E-state index in [1.165, 1.54) is 6.42 Å². The molecule has 0 saturated heterocycles. The molecule has 0 heterocycles. The first kappa shape index (κ1) is 13.2. The Morgan fingerprint density at radius 2 is 1.78 bits per heavy atom. The van der Waals surface area contributed by atoms with E-state index in [0.29, 0.717) is 0 Å². The van der Waals surface area contributed by atoms with E-state index in [-0.39, 0.29) is 6.10 Å². The zero-order valence-corrected chi connectivity index (χ0v) is 11.2. The van der Waals surface area contributed by atoms with Gasteiger partial charge in [-0.15, -0.1) is 0 Å². The number of ether oxygens (including phenoxy) is 1. The highest BCUT2D eigenvalue weighted by Crippen LogP contribution is 2.52. The van der Waals surface area contributed by atoms with Gasteiger partial charge in [-0.3, -0.25) is 4.79 Å². The van der Waals surface area contributed by atoms with Crippen LogP contribution >= 0.6 is 0 Å². The summed E-state index contributed by atoms with van der Waals surface area (Å²) in [5.74, 6) is 0.989. The van der Waals surface area contributed by atoms with Crippen molar-refractivity contribution in [1.29, 1.82) is 0 Å². The second-order valence-corrected chi connectivity index (χ2v) is 6.60. The summed E-state index contributed by atoms with van der Waals surface area (Å²) in [5.41, 5.74) is 4.89. The lowest BCUT2D eigenvalue weighted by atomic mass is 9.86. The van der Waals surface area contributed by atoms with Crippen LogP contribution in [0.15, 0.2) is 0 Å². The quantitative estimate of drug-likeness (QED) is 0.799. The highest BCUT2D eigenvalue weighted by atomic mass is 16.6. The molecule has 0 aromatic carbocycles. The third kappa shape index (κ3) is 2.94. The van der Waals surface area contributed by atoms with Crippen molar-refractivity contribution < 1.29 is 14.3 Å². The van der Waals surface area contributed by atoms with Crippen LogP contribution in [0.25, 0.3) is 0 Å². The van der Waals surface area contributed by atoms with Gasteiger partial charge in [-0.2, -0.15) is 0 Å². The van der Waals surface area contributed by atoms with Gasteiger partial charge in [0.05, 0.1) is 0 Å². The van der Waals surface area contributed by atoms with E-state index in [4.69, 9.17) is 10.5 Å².